The van der Waals surface area contributed by atoms with E-state index < -0.39 is 0 Å². The summed E-state index contributed by atoms with van der Waals surface area (Å²) in [5.41, 5.74) is 7.74. The minimum Gasteiger partial charge on any atom is -0.394 e. The molecular formula is C12H16N4. The summed E-state index contributed by atoms with van der Waals surface area (Å²) >= 11 is 0. The fourth-order valence-corrected chi connectivity index (χ4v) is 1.77. The zero-order chi connectivity index (χ0) is 11.5. The first-order valence-electron chi connectivity index (χ1n) is 5.34. The molecule has 2 aromatic rings. The average molecular weight is 216 g/mol. The second-order valence-corrected chi connectivity index (χ2v) is 3.66. The van der Waals surface area contributed by atoms with E-state index in [1.54, 1.807) is 4.68 Å². The van der Waals surface area contributed by atoms with E-state index in [-0.39, 0.29) is 0 Å². The number of aromatic nitrogens is 2. The van der Waals surface area contributed by atoms with Crippen LogP contribution >= 0.6 is 0 Å². The normalized spacial score (nSPS) is 10.4. The van der Waals surface area contributed by atoms with Gasteiger partial charge in [0.25, 0.3) is 0 Å². The maximum Gasteiger partial charge on any atom is 0.178 e. The van der Waals surface area contributed by atoms with Crippen LogP contribution in [0.3, 0.4) is 0 Å². The van der Waals surface area contributed by atoms with Crippen LogP contribution in [0.4, 0.5) is 17.2 Å². The van der Waals surface area contributed by atoms with Crippen LogP contribution in [-0.2, 0) is 7.05 Å². The van der Waals surface area contributed by atoms with Crippen molar-refractivity contribution in [2.24, 2.45) is 7.05 Å². The molecule has 0 radical (unpaired) electrons. The minimum absolute atomic E-state index is 0.702. The molecule has 0 spiro atoms. The number of anilines is 3. The van der Waals surface area contributed by atoms with Crippen LogP contribution in [0.1, 0.15) is 6.92 Å². The molecule has 0 aliphatic rings. The molecule has 0 aliphatic heterocycles. The van der Waals surface area contributed by atoms with Gasteiger partial charge in [0.15, 0.2) is 5.82 Å². The van der Waals surface area contributed by atoms with Crippen molar-refractivity contribution < 1.29 is 0 Å². The van der Waals surface area contributed by atoms with Gasteiger partial charge >= 0.3 is 0 Å². The Morgan fingerprint density at radius 1 is 1.31 bits per heavy atom. The summed E-state index contributed by atoms with van der Waals surface area (Å²) in [6.07, 6.45) is 1.82. The van der Waals surface area contributed by atoms with Crippen LogP contribution in [0.25, 0.3) is 0 Å². The van der Waals surface area contributed by atoms with Gasteiger partial charge in [-0.25, -0.2) is 0 Å². The van der Waals surface area contributed by atoms with Gasteiger partial charge < -0.3 is 10.6 Å². The Hall–Kier alpha value is -1.97. The Balaban J connectivity index is 2.40. The number of nitrogens with two attached hydrogens (primary N) is 1. The highest BCUT2D eigenvalue weighted by Crippen LogP contribution is 2.27. The first kappa shape index (κ1) is 10.5. The summed E-state index contributed by atoms with van der Waals surface area (Å²) in [6, 6.07) is 10.1. The van der Waals surface area contributed by atoms with Crippen molar-refractivity contribution in [1.82, 2.24) is 9.78 Å². The predicted molar refractivity (Wildman–Crippen MR) is 66.7 cm³/mol. The first-order chi connectivity index (χ1) is 7.72. The first-order valence-corrected chi connectivity index (χ1v) is 5.34. The van der Waals surface area contributed by atoms with E-state index in [0.717, 1.165) is 18.1 Å². The lowest BCUT2D eigenvalue weighted by atomic mass is 10.3. The second kappa shape index (κ2) is 4.26. The molecule has 1 aromatic heterocycles. The number of nitrogen functional groups attached to an aromatic ring is 1. The van der Waals surface area contributed by atoms with E-state index in [2.05, 4.69) is 29.1 Å². The van der Waals surface area contributed by atoms with Gasteiger partial charge in [0.1, 0.15) is 0 Å². The molecule has 4 nitrogen and oxygen atoms in total. The number of hydrogen-bond donors (Lipinski definition) is 1. The number of hydrogen-bond acceptors (Lipinski definition) is 3. The van der Waals surface area contributed by atoms with E-state index in [9.17, 15) is 0 Å². The van der Waals surface area contributed by atoms with E-state index in [4.69, 9.17) is 5.73 Å². The maximum absolute atomic E-state index is 5.93. The Morgan fingerprint density at radius 2 is 2.00 bits per heavy atom. The van der Waals surface area contributed by atoms with Gasteiger partial charge in [0.05, 0.1) is 5.69 Å². The van der Waals surface area contributed by atoms with Crippen LogP contribution in [-0.4, -0.2) is 16.3 Å². The maximum atomic E-state index is 5.93. The van der Waals surface area contributed by atoms with Gasteiger partial charge in [-0.2, -0.15) is 5.10 Å². The predicted octanol–water partition coefficient (Wildman–Crippen LogP) is 2.16. The van der Waals surface area contributed by atoms with Crippen molar-refractivity contribution in [3.8, 4) is 0 Å². The monoisotopic (exact) mass is 216 g/mol. The molecule has 0 bridgehead atoms. The molecule has 2 N–H and O–H groups in total. The van der Waals surface area contributed by atoms with E-state index >= 15 is 0 Å². The van der Waals surface area contributed by atoms with Gasteiger partial charge in [-0.3, -0.25) is 4.68 Å². The molecule has 0 amide bonds. The zero-order valence-electron chi connectivity index (χ0n) is 9.59. The summed E-state index contributed by atoms with van der Waals surface area (Å²) in [5, 5.41) is 4.38. The smallest absolute Gasteiger partial charge is 0.178 e. The topological polar surface area (TPSA) is 47.1 Å². The number of rotatable bonds is 3. The Morgan fingerprint density at radius 3 is 2.50 bits per heavy atom. The third-order valence-electron chi connectivity index (χ3n) is 2.48. The molecule has 0 fully saturated rings. The fourth-order valence-electron chi connectivity index (χ4n) is 1.77. The van der Waals surface area contributed by atoms with Crippen molar-refractivity contribution in [2.45, 2.75) is 6.92 Å². The highest BCUT2D eigenvalue weighted by atomic mass is 15.3. The van der Waals surface area contributed by atoms with Crippen molar-refractivity contribution in [3.05, 3.63) is 36.5 Å². The summed E-state index contributed by atoms with van der Waals surface area (Å²) in [7, 11) is 1.87. The van der Waals surface area contributed by atoms with Crippen molar-refractivity contribution >= 4 is 17.2 Å². The summed E-state index contributed by atoms with van der Waals surface area (Å²) < 4.78 is 1.73. The molecule has 4 heteroatoms. The van der Waals surface area contributed by atoms with Crippen LogP contribution in [0, 0.1) is 0 Å². The molecule has 84 valence electrons. The van der Waals surface area contributed by atoms with E-state index in [1.807, 2.05) is 31.4 Å². The average Bonchev–Trinajstić information content (AvgIpc) is 2.61. The molecule has 0 unspecified atom stereocenters. The molecule has 1 heterocycles. The van der Waals surface area contributed by atoms with Crippen LogP contribution in [0.2, 0.25) is 0 Å². The number of benzene rings is 1. The van der Waals surface area contributed by atoms with Gasteiger partial charge in [-0.15, -0.1) is 0 Å². The van der Waals surface area contributed by atoms with Crippen molar-refractivity contribution in [1.29, 1.82) is 0 Å². The van der Waals surface area contributed by atoms with Gasteiger partial charge in [-0.1, -0.05) is 18.2 Å². The quantitative estimate of drug-likeness (QED) is 0.855. The lowest BCUT2D eigenvalue weighted by Crippen LogP contribution is -2.17. The molecular weight excluding hydrogens is 200 g/mol. The molecule has 0 atom stereocenters. The largest absolute Gasteiger partial charge is 0.394 e. The Kier molecular flexibility index (Phi) is 2.81. The number of para-hydroxylation sites is 1. The van der Waals surface area contributed by atoms with Crippen LogP contribution in [0.15, 0.2) is 36.5 Å². The summed E-state index contributed by atoms with van der Waals surface area (Å²) in [4.78, 5) is 2.09. The molecule has 0 saturated heterocycles. The highest BCUT2D eigenvalue weighted by Gasteiger charge is 2.13. The molecule has 16 heavy (non-hydrogen) atoms. The lowest BCUT2D eigenvalue weighted by Gasteiger charge is -2.20. The summed E-state index contributed by atoms with van der Waals surface area (Å²) in [6.45, 7) is 2.92. The van der Waals surface area contributed by atoms with Crippen molar-refractivity contribution in [2.75, 3.05) is 17.2 Å². The fraction of sp³-hybridized carbons (Fsp3) is 0.250. The molecule has 0 aliphatic carbocycles. The molecule has 0 saturated carbocycles. The summed E-state index contributed by atoms with van der Waals surface area (Å²) in [5.74, 6) is 0.816. The van der Waals surface area contributed by atoms with Crippen LogP contribution < -0.4 is 10.6 Å². The zero-order valence-corrected chi connectivity index (χ0v) is 9.59. The molecule has 1 aromatic carbocycles. The van der Waals surface area contributed by atoms with Gasteiger partial charge in [0.2, 0.25) is 0 Å². The second-order valence-electron chi connectivity index (χ2n) is 3.66. The van der Waals surface area contributed by atoms with Crippen LogP contribution in [0.5, 0.6) is 0 Å². The highest BCUT2D eigenvalue weighted by molar-refractivity contribution is 5.70. The number of aryl methyl sites for hydroxylation is 1. The SMILES string of the molecule is CCN(c1ccccc1)c1nn(C)cc1N. The Labute approximate surface area is 95.3 Å². The lowest BCUT2D eigenvalue weighted by molar-refractivity contribution is 0.760. The van der Waals surface area contributed by atoms with E-state index in [0.29, 0.717) is 5.69 Å². The van der Waals surface area contributed by atoms with Gasteiger partial charge in [-0.05, 0) is 19.1 Å². The third-order valence-corrected chi connectivity index (χ3v) is 2.48. The molecule has 2 rings (SSSR count). The number of nitrogens with zero attached hydrogens (tertiary/aromatic N) is 3. The standard InChI is InChI=1S/C12H16N4/c1-3-16(10-7-5-4-6-8-10)12-11(13)9-15(2)14-12/h4-9H,3,13H2,1-2H3. The third kappa shape index (κ3) is 1.86. The Bertz CT molecular complexity index is 461. The van der Waals surface area contributed by atoms with Gasteiger partial charge in [0, 0.05) is 25.5 Å². The van der Waals surface area contributed by atoms with Crippen molar-refractivity contribution in [3.63, 3.8) is 0 Å². The van der Waals surface area contributed by atoms with E-state index in [1.165, 1.54) is 0 Å². The minimum atomic E-state index is 0.702.